The zero-order chi connectivity index (χ0) is 23.7. The highest BCUT2D eigenvalue weighted by molar-refractivity contribution is 7.80. The summed E-state index contributed by atoms with van der Waals surface area (Å²) in [5.74, 6) is 0.662. The third-order valence-corrected chi connectivity index (χ3v) is 5.85. The SMILES string of the molecule is O=C(/C=C/c1ccc(-c2ccc(Cl)cc2Cl)o1)NC(=S)Nc1ccc2c(c1)oc1ccccc12. The Kier molecular flexibility index (Phi) is 6.11. The first kappa shape index (κ1) is 22.2. The normalized spacial score (nSPS) is 11.4. The molecular weight excluding hydrogens is 491 g/mol. The maximum Gasteiger partial charge on any atom is 0.250 e. The summed E-state index contributed by atoms with van der Waals surface area (Å²) in [4.78, 5) is 12.3. The summed E-state index contributed by atoms with van der Waals surface area (Å²) in [7, 11) is 0. The van der Waals surface area contributed by atoms with Crippen molar-refractivity contribution in [2.75, 3.05) is 5.32 Å². The highest BCUT2D eigenvalue weighted by Gasteiger charge is 2.10. The number of halogens is 2. The molecule has 0 bridgehead atoms. The van der Waals surface area contributed by atoms with E-state index >= 15 is 0 Å². The second-order valence-electron chi connectivity index (χ2n) is 7.41. The van der Waals surface area contributed by atoms with Gasteiger partial charge in [0.1, 0.15) is 22.7 Å². The van der Waals surface area contributed by atoms with Gasteiger partial charge >= 0.3 is 0 Å². The van der Waals surface area contributed by atoms with Crippen LogP contribution >= 0.6 is 35.4 Å². The van der Waals surface area contributed by atoms with Gasteiger partial charge in [-0.3, -0.25) is 10.1 Å². The number of benzene rings is 3. The average Bonchev–Trinajstić information content (AvgIpc) is 3.41. The number of hydrogen-bond acceptors (Lipinski definition) is 4. The maximum atomic E-state index is 12.3. The van der Waals surface area contributed by atoms with Crippen LogP contribution in [-0.2, 0) is 4.79 Å². The Balaban J connectivity index is 1.22. The van der Waals surface area contributed by atoms with Gasteiger partial charge in [-0.15, -0.1) is 0 Å². The molecule has 2 aromatic heterocycles. The number of carbonyl (C=O) groups excluding carboxylic acids is 1. The Morgan fingerprint density at radius 3 is 2.56 bits per heavy atom. The minimum Gasteiger partial charge on any atom is -0.457 e. The van der Waals surface area contributed by atoms with Crippen LogP contribution in [0.1, 0.15) is 5.76 Å². The van der Waals surface area contributed by atoms with Crippen molar-refractivity contribution < 1.29 is 13.6 Å². The fraction of sp³-hybridized carbons (Fsp3) is 0. The van der Waals surface area contributed by atoms with Crippen molar-refractivity contribution in [1.82, 2.24) is 5.32 Å². The minimum atomic E-state index is -0.398. The second kappa shape index (κ2) is 9.35. The molecule has 1 amide bonds. The van der Waals surface area contributed by atoms with Crippen LogP contribution in [-0.4, -0.2) is 11.0 Å². The summed E-state index contributed by atoms with van der Waals surface area (Å²) in [5.41, 5.74) is 2.96. The Labute approximate surface area is 209 Å². The van der Waals surface area contributed by atoms with Crippen molar-refractivity contribution in [3.05, 3.63) is 94.7 Å². The molecule has 2 N–H and O–H groups in total. The third kappa shape index (κ3) is 4.70. The van der Waals surface area contributed by atoms with Gasteiger partial charge in [0.05, 0.1) is 5.02 Å². The van der Waals surface area contributed by atoms with E-state index in [2.05, 4.69) is 10.6 Å². The summed E-state index contributed by atoms with van der Waals surface area (Å²) in [6.07, 6.45) is 2.88. The number of hydrogen-bond donors (Lipinski definition) is 2. The fourth-order valence-electron chi connectivity index (χ4n) is 3.55. The van der Waals surface area contributed by atoms with Crippen molar-refractivity contribution in [3.8, 4) is 11.3 Å². The first-order valence-corrected chi connectivity index (χ1v) is 11.4. The quantitative estimate of drug-likeness (QED) is 0.193. The molecule has 0 radical (unpaired) electrons. The molecule has 0 atom stereocenters. The van der Waals surface area contributed by atoms with Crippen LogP contribution in [0.5, 0.6) is 0 Å². The van der Waals surface area contributed by atoms with Crippen LogP contribution in [0, 0.1) is 0 Å². The molecule has 0 unspecified atom stereocenters. The van der Waals surface area contributed by atoms with Crippen molar-refractivity contribution in [1.29, 1.82) is 0 Å². The van der Waals surface area contributed by atoms with E-state index in [0.717, 1.165) is 21.9 Å². The molecule has 8 heteroatoms. The van der Waals surface area contributed by atoms with E-state index in [0.29, 0.717) is 32.8 Å². The van der Waals surface area contributed by atoms with Crippen molar-refractivity contribution in [3.63, 3.8) is 0 Å². The van der Waals surface area contributed by atoms with Gasteiger partial charge in [-0.1, -0.05) is 41.4 Å². The third-order valence-electron chi connectivity index (χ3n) is 5.10. The van der Waals surface area contributed by atoms with Crippen LogP contribution in [0.25, 0.3) is 39.3 Å². The van der Waals surface area contributed by atoms with Gasteiger partial charge in [0.15, 0.2) is 5.11 Å². The summed E-state index contributed by atoms with van der Waals surface area (Å²) in [6, 6.07) is 22.2. The molecule has 5 nitrogen and oxygen atoms in total. The summed E-state index contributed by atoms with van der Waals surface area (Å²) in [5, 5.41) is 8.86. The fourth-order valence-corrected chi connectivity index (χ4v) is 4.27. The van der Waals surface area contributed by atoms with Crippen LogP contribution in [0.3, 0.4) is 0 Å². The molecule has 0 spiro atoms. The summed E-state index contributed by atoms with van der Waals surface area (Å²) >= 11 is 17.4. The molecule has 0 aliphatic carbocycles. The molecule has 0 saturated carbocycles. The van der Waals surface area contributed by atoms with Gasteiger partial charge in [-0.2, -0.15) is 0 Å². The molecular formula is C26H16Cl2N2O3S. The van der Waals surface area contributed by atoms with Gasteiger partial charge < -0.3 is 14.2 Å². The van der Waals surface area contributed by atoms with E-state index < -0.39 is 5.91 Å². The smallest absolute Gasteiger partial charge is 0.250 e. The first-order valence-electron chi connectivity index (χ1n) is 10.2. The zero-order valence-corrected chi connectivity index (χ0v) is 19.8. The number of rotatable bonds is 4. The lowest BCUT2D eigenvalue weighted by Crippen LogP contribution is -2.32. The van der Waals surface area contributed by atoms with E-state index in [1.807, 2.05) is 42.5 Å². The van der Waals surface area contributed by atoms with E-state index in [9.17, 15) is 4.79 Å². The standard InChI is InChI=1S/C26H16Cl2N2O3S/c27-15-5-9-20(21(28)13-15)23-11-7-17(32-23)8-12-25(31)30-26(34)29-16-6-10-19-18-3-1-2-4-22(18)33-24(19)14-16/h1-14H,(H2,29,30,31,34)/b12-8+. The Hall–Kier alpha value is -3.58. The van der Waals surface area contributed by atoms with Crippen LogP contribution < -0.4 is 10.6 Å². The van der Waals surface area contributed by atoms with Gasteiger partial charge in [-0.05, 0) is 66.8 Å². The van der Waals surface area contributed by atoms with Crippen LogP contribution in [0.2, 0.25) is 10.0 Å². The predicted molar refractivity (Wildman–Crippen MR) is 141 cm³/mol. The van der Waals surface area contributed by atoms with Crippen molar-refractivity contribution in [2.45, 2.75) is 0 Å². The van der Waals surface area contributed by atoms with Crippen molar-refractivity contribution in [2.24, 2.45) is 0 Å². The van der Waals surface area contributed by atoms with E-state index in [1.165, 1.54) is 6.08 Å². The van der Waals surface area contributed by atoms with E-state index in [1.54, 1.807) is 36.4 Å². The van der Waals surface area contributed by atoms with Gasteiger partial charge in [0.2, 0.25) is 5.91 Å². The molecule has 0 aliphatic heterocycles. The lowest BCUT2D eigenvalue weighted by Gasteiger charge is -2.07. The topological polar surface area (TPSA) is 67.4 Å². The van der Waals surface area contributed by atoms with E-state index in [-0.39, 0.29) is 5.11 Å². The number of carbonyl (C=O) groups is 1. The predicted octanol–water partition coefficient (Wildman–Crippen LogP) is 7.68. The number of para-hydroxylation sites is 1. The summed E-state index contributed by atoms with van der Waals surface area (Å²) < 4.78 is 11.6. The van der Waals surface area contributed by atoms with Gasteiger partial charge in [-0.25, -0.2) is 0 Å². The monoisotopic (exact) mass is 506 g/mol. The lowest BCUT2D eigenvalue weighted by atomic mass is 10.1. The zero-order valence-electron chi connectivity index (χ0n) is 17.5. The molecule has 0 saturated heterocycles. The largest absolute Gasteiger partial charge is 0.457 e. The lowest BCUT2D eigenvalue weighted by molar-refractivity contribution is -0.115. The average molecular weight is 507 g/mol. The van der Waals surface area contributed by atoms with Crippen LogP contribution in [0.4, 0.5) is 5.69 Å². The number of nitrogens with one attached hydrogen (secondary N) is 2. The molecule has 168 valence electrons. The Morgan fingerprint density at radius 1 is 0.882 bits per heavy atom. The molecule has 5 rings (SSSR count). The first-order chi connectivity index (χ1) is 16.5. The number of furan rings is 2. The number of anilines is 1. The number of amides is 1. The Bertz CT molecular complexity index is 1590. The molecule has 0 aliphatic rings. The number of fused-ring (bicyclic) bond motifs is 3. The molecule has 5 aromatic rings. The molecule has 2 heterocycles. The highest BCUT2D eigenvalue weighted by atomic mass is 35.5. The van der Waals surface area contributed by atoms with Crippen molar-refractivity contribution >= 4 is 80.1 Å². The summed E-state index contributed by atoms with van der Waals surface area (Å²) in [6.45, 7) is 0. The maximum absolute atomic E-state index is 12.3. The highest BCUT2D eigenvalue weighted by Crippen LogP contribution is 2.32. The minimum absolute atomic E-state index is 0.165. The van der Waals surface area contributed by atoms with E-state index in [4.69, 9.17) is 44.3 Å². The second-order valence-corrected chi connectivity index (χ2v) is 8.66. The van der Waals surface area contributed by atoms with Gasteiger partial charge in [0, 0.05) is 39.2 Å². The number of thiocarbonyl (C=S) groups is 1. The molecule has 3 aromatic carbocycles. The Morgan fingerprint density at radius 2 is 1.71 bits per heavy atom. The molecule has 0 fully saturated rings. The van der Waals surface area contributed by atoms with Gasteiger partial charge in [0.25, 0.3) is 0 Å². The molecule has 34 heavy (non-hydrogen) atoms. The van der Waals surface area contributed by atoms with Crippen LogP contribution in [0.15, 0.2) is 87.7 Å².